The Bertz CT molecular complexity index is 853. The van der Waals surface area contributed by atoms with Crippen molar-refractivity contribution in [2.45, 2.75) is 25.9 Å². The number of aromatic carboxylic acids is 1. The fourth-order valence-corrected chi connectivity index (χ4v) is 3.06. The topological polar surface area (TPSA) is 88.6 Å². The van der Waals surface area contributed by atoms with Crippen molar-refractivity contribution in [3.05, 3.63) is 39.9 Å². The number of aromatic nitrogens is 1. The van der Waals surface area contributed by atoms with Crippen LogP contribution in [-0.4, -0.2) is 34.8 Å². The number of hydrogen-bond acceptors (Lipinski definition) is 4. The molecule has 0 amide bonds. The van der Waals surface area contributed by atoms with Crippen LogP contribution in [-0.2, 0) is 6.54 Å². The Morgan fingerprint density at radius 1 is 1.46 bits per heavy atom. The first-order valence-corrected chi connectivity index (χ1v) is 7.53. The van der Waals surface area contributed by atoms with Gasteiger partial charge in [0.2, 0.25) is 5.43 Å². The zero-order chi connectivity index (χ0) is 16.7. The Labute approximate surface area is 144 Å². The second-order valence-electron chi connectivity index (χ2n) is 5.78. The molecule has 8 heteroatoms. The van der Waals surface area contributed by atoms with Crippen molar-refractivity contribution in [1.82, 2.24) is 4.57 Å². The molecule has 1 aliphatic heterocycles. The number of nitrogens with two attached hydrogens (primary N) is 1. The van der Waals surface area contributed by atoms with E-state index in [1.165, 1.54) is 6.20 Å². The lowest BCUT2D eigenvalue weighted by molar-refractivity contribution is 0.0695. The van der Waals surface area contributed by atoms with E-state index in [1.807, 2.05) is 11.8 Å². The number of carboxylic acids is 1. The Hall–Kier alpha value is -2.12. The number of hydrogen-bond donors (Lipinski definition) is 2. The van der Waals surface area contributed by atoms with E-state index in [-0.39, 0.29) is 29.4 Å². The maximum Gasteiger partial charge on any atom is 0.341 e. The highest BCUT2D eigenvalue weighted by Gasteiger charge is 2.23. The molecule has 0 saturated carbocycles. The highest BCUT2D eigenvalue weighted by Crippen LogP contribution is 2.27. The molecule has 0 spiro atoms. The number of carbonyl (C=O) groups is 1. The summed E-state index contributed by atoms with van der Waals surface area (Å²) in [6.07, 6.45) is 2.10. The number of benzene rings is 1. The lowest BCUT2D eigenvalue weighted by atomic mass is 10.1. The summed E-state index contributed by atoms with van der Waals surface area (Å²) >= 11 is 0. The van der Waals surface area contributed by atoms with Crippen LogP contribution in [0.1, 0.15) is 23.7 Å². The van der Waals surface area contributed by atoms with E-state index in [1.54, 1.807) is 10.6 Å². The molecule has 1 saturated heterocycles. The number of pyridine rings is 1. The molecule has 0 bridgehead atoms. The minimum atomic E-state index is -1.31. The molecule has 6 nitrogen and oxygen atoms in total. The van der Waals surface area contributed by atoms with Crippen LogP contribution in [0.15, 0.2) is 23.1 Å². The maximum absolute atomic E-state index is 14.5. The lowest BCUT2D eigenvalue weighted by Crippen LogP contribution is -2.27. The van der Waals surface area contributed by atoms with Crippen molar-refractivity contribution in [2.75, 3.05) is 18.0 Å². The third-order valence-electron chi connectivity index (χ3n) is 4.29. The lowest BCUT2D eigenvalue weighted by Gasteiger charge is -2.20. The van der Waals surface area contributed by atoms with Gasteiger partial charge in [0, 0.05) is 37.3 Å². The number of nitrogens with zero attached hydrogens (tertiary/aromatic N) is 2. The molecular formula is C16H19ClFN3O3. The second-order valence-corrected chi connectivity index (χ2v) is 5.78. The van der Waals surface area contributed by atoms with Crippen LogP contribution in [0.5, 0.6) is 0 Å². The Morgan fingerprint density at radius 3 is 2.71 bits per heavy atom. The molecule has 24 heavy (non-hydrogen) atoms. The van der Waals surface area contributed by atoms with Crippen molar-refractivity contribution >= 4 is 35.0 Å². The summed E-state index contributed by atoms with van der Waals surface area (Å²) in [4.78, 5) is 25.3. The van der Waals surface area contributed by atoms with Crippen molar-refractivity contribution in [3.8, 4) is 0 Å². The van der Waals surface area contributed by atoms with Crippen molar-refractivity contribution in [1.29, 1.82) is 0 Å². The van der Waals surface area contributed by atoms with Crippen molar-refractivity contribution in [3.63, 3.8) is 0 Å². The highest BCUT2D eigenvalue weighted by atomic mass is 35.5. The van der Waals surface area contributed by atoms with Crippen LogP contribution in [0.4, 0.5) is 10.1 Å². The van der Waals surface area contributed by atoms with Crippen molar-refractivity contribution in [2.24, 2.45) is 5.73 Å². The van der Waals surface area contributed by atoms with Crippen LogP contribution < -0.4 is 16.1 Å². The van der Waals surface area contributed by atoms with Gasteiger partial charge in [0.25, 0.3) is 0 Å². The highest BCUT2D eigenvalue weighted by molar-refractivity contribution is 5.93. The molecule has 3 rings (SSSR count). The summed E-state index contributed by atoms with van der Waals surface area (Å²) in [5.41, 5.74) is 5.78. The first-order valence-electron chi connectivity index (χ1n) is 7.53. The first-order chi connectivity index (χ1) is 10.9. The number of fused-ring (bicyclic) bond motifs is 1. The summed E-state index contributed by atoms with van der Waals surface area (Å²) in [5.74, 6) is -1.84. The predicted molar refractivity (Wildman–Crippen MR) is 92.9 cm³/mol. The summed E-state index contributed by atoms with van der Waals surface area (Å²) < 4.78 is 16.1. The molecule has 0 aliphatic carbocycles. The molecular weight excluding hydrogens is 337 g/mol. The number of aryl methyl sites for hydroxylation is 1. The molecule has 2 heterocycles. The van der Waals surface area contributed by atoms with Crippen LogP contribution >= 0.6 is 12.4 Å². The normalized spacial score (nSPS) is 17.1. The van der Waals surface area contributed by atoms with E-state index < -0.39 is 17.2 Å². The largest absolute Gasteiger partial charge is 0.477 e. The maximum atomic E-state index is 14.5. The van der Waals surface area contributed by atoms with Crippen LogP contribution in [0.25, 0.3) is 10.9 Å². The van der Waals surface area contributed by atoms with E-state index in [4.69, 9.17) is 10.8 Å². The van der Waals surface area contributed by atoms with Crippen LogP contribution in [0.2, 0.25) is 0 Å². The smallest absolute Gasteiger partial charge is 0.341 e. The standard InChI is InChI=1S/C16H18FN3O3.ClH/c1-2-19-8-11(16(22)23)15(21)10-5-12(17)14(6-13(10)19)20-4-3-9(18)7-20;/h5-6,8-9H,2-4,7,18H2,1H3,(H,22,23);1H. The minimum Gasteiger partial charge on any atom is -0.477 e. The molecule has 1 atom stereocenters. The van der Waals surface area contributed by atoms with Gasteiger partial charge in [-0.3, -0.25) is 4.79 Å². The molecule has 2 aromatic rings. The van der Waals surface area contributed by atoms with Gasteiger partial charge in [0.05, 0.1) is 11.2 Å². The van der Waals surface area contributed by atoms with Gasteiger partial charge in [-0.05, 0) is 25.5 Å². The Kier molecular flexibility index (Phi) is 5.15. The monoisotopic (exact) mass is 355 g/mol. The van der Waals surface area contributed by atoms with Gasteiger partial charge < -0.3 is 20.3 Å². The number of rotatable bonds is 3. The number of anilines is 1. The quantitative estimate of drug-likeness (QED) is 0.876. The van der Waals surface area contributed by atoms with E-state index >= 15 is 0 Å². The third kappa shape index (κ3) is 2.97. The molecule has 1 aromatic heterocycles. The molecule has 1 aliphatic rings. The van der Waals surface area contributed by atoms with Gasteiger partial charge in [-0.25, -0.2) is 9.18 Å². The summed E-state index contributed by atoms with van der Waals surface area (Å²) in [6.45, 7) is 3.53. The zero-order valence-corrected chi connectivity index (χ0v) is 14.0. The van der Waals surface area contributed by atoms with E-state index in [9.17, 15) is 14.0 Å². The zero-order valence-electron chi connectivity index (χ0n) is 13.2. The van der Waals surface area contributed by atoms with E-state index in [0.717, 1.165) is 12.5 Å². The number of halogens is 2. The molecule has 0 radical (unpaired) electrons. The van der Waals surface area contributed by atoms with Gasteiger partial charge in [-0.2, -0.15) is 0 Å². The molecule has 3 N–H and O–H groups in total. The second kappa shape index (κ2) is 6.78. The van der Waals surface area contributed by atoms with E-state index in [2.05, 4.69) is 0 Å². The molecule has 130 valence electrons. The van der Waals surface area contributed by atoms with E-state index in [0.29, 0.717) is 30.8 Å². The molecule has 1 fully saturated rings. The van der Waals surface area contributed by atoms with Gasteiger partial charge >= 0.3 is 5.97 Å². The average molecular weight is 356 g/mol. The van der Waals surface area contributed by atoms with Crippen LogP contribution in [0, 0.1) is 5.82 Å². The number of carboxylic acid groups (broad SMARTS) is 1. The average Bonchev–Trinajstić information content (AvgIpc) is 2.93. The third-order valence-corrected chi connectivity index (χ3v) is 4.29. The van der Waals surface area contributed by atoms with Gasteiger partial charge in [-0.15, -0.1) is 12.4 Å². The van der Waals surface area contributed by atoms with Crippen molar-refractivity contribution < 1.29 is 14.3 Å². The molecule has 1 aromatic carbocycles. The molecule has 1 unspecified atom stereocenters. The first kappa shape index (κ1) is 18.2. The summed E-state index contributed by atoms with van der Waals surface area (Å²) in [7, 11) is 0. The SMILES string of the molecule is CCn1cc(C(=O)O)c(=O)c2cc(F)c(N3CCC(N)C3)cc21.Cl. The summed E-state index contributed by atoms with van der Waals surface area (Å²) in [6, 6.07) is 2.75. The van der Waals surface area contributed by atoms with Gasteiger partial charge in [-0.1, -0.05) is 0 Å². The summed E-state index contributed by atoms with van der Waals surface area (Å²) in [5, 5.41) is 9.22. The Balaban J connectivity index is 0.00000208. The van der Waals surface area contributed by atoms with Gasteiger partial charge in [0.1, 0.15) is 11.4 Å². The van der Waals surface area contributed by atoms with Gasteiger partial charge in [0.15, 0.2) is 0 Å². The fraction of sp³-hybridized carbons (Fsp3) is 0.375. The minimum absolute atomic E-state index is 0. The predicted octanol–water partition coefficient (Wildman–Crippen LogP) is 1.82. The van der Waals surface area contributed by atoms with Crippen LogP contribution in [0.3, 0.4) is 0 Å². The Morgan fingerprint density at radius 2 is 2.17 bits per heavy atom. The fourth-order valence-electron chi connectivity index (χ4n) is 3.06.